The van der Waals surface area contributed by atoms with Gasteiger partial charge in [-0.1, -0.05) is 12.1 Å². The number of esters is 1. The highest BCUT2D eigenvalue weighted by Gasteiger charge is 2.42. The largest absolute Gasteiger partial charge is 0.464 e. The predicted octanol–water partition coefficient (Wildman–Crippen LogP) is 0.934. The molecule has 3 rings (SSSR count). The number of amides is 2. The molecule has 2 heterocycles. The quantitative estimate of drug-likeness (QED) is 0.656. The molecule has 1 aromatic heterocycles. The molecule has 0 N–H and O–H groups in total. The summed E-state index contributed by atoms with van der Waals surface area (Å²) < 4.78 is 35.5. The number of hydrogen-bond donors (Lipinski definition) is 0. The van der Waals surface area contributed by atoms with Crippen LogP contribution in [0.1, 0.15) is 21.9 Å². The number of ether oxygens (including phenoxy) is 1. The van der Waals surface area contributed by atoms with E-state index in [1.54, 1.807) is 19.1 Å². The summed E-state index contributed by atoms with van der Waals surface area (Å²) in [5.41, 5.74) is -0.000138. The van der Waals surface area contributed by atoms with Crippen molar-refractivity contribution in [1.29, 1.82) is 0 Å². The Morgan fingerprint density at radius 3 is 2.54 bits per heavy atom. The Hall–Kier alpha value is -3.14. The van der Waals surface area contributed by atoms with Gasteiger partial charge in [-0.15, -0.1) is 0 Å². The van der Waals surface area contributed by atoms with E-state index >= 15 is 0 Å². The van der Waals surface area contributed by atoms with Gasteiger partial charge in [-0.05, 0) is 31.2 Å². The van der Waals surface area contributed by atoms with Crippen LogP contribution in [-0.2, 0) is 30.9 Å². The van der Waals surface area contributed by atoms with Crippen LogP contribution in [0.2, 0.25) is 0 Å². The van der Waals surface area contributed by atoms with Crippen molar-refractivity contribution < 1.29 is 32.0 Å². The molecule has 0 atom stereocenters. The first kappa shape index (κ1) is 19.6. The zero-order chi connectivity index (χ0) is 20.5. The Kier molecular flexibility index (Phi) is 5.23. The molecular formula is C18H18N2O7S. The second kappa shape index (κ2) is 7.47. The van der Waals surface area contributed by atoms with Crippen molar-refractivity contribution in [2.75, 3.05) is 20.2 Å². The Balaban J connectivity index is 1.56. The topological polar surface area (TPSA) is 114 Å². The molecule has 1 aliphatic rings. The predicted molar refractivity (Wildman–Crippen MR) is 95.5 cm³/mol. The van der Waals surface area contributed by atoms with Crippen molar-refractivity contribution in [2.45, 2.75) is 18.4 Å². The van der Waals surface area contributed by atoms with Crippen LogP contribution in [0.4, 0.5) is 0 Å². The Morgan fingerprint density at radius 1 is 1.18 bits per heavy atom. The molecule has 0 saturated heterocycles. The molecule has 9 nitrogen and oxygen atoms in total. The fraction of sp³-hybridized carbons (Fsp3) is 0.278. The second-order valence-corrected chi connectivity index (χ2v) is 8.07. The van der Waals surface area contributed by atoms with Crippen LogP contribution in [0.25, 0.3) is 0 Å². The van der Waals surface area contributed by atoms with Crippen molar-refractivity contribution in [3.05, 3.63) is 53.5 Å². The lowest BCUT2D eigenvalue weighted by molar-refractivity contribution is -0.151. The van der Waals surface area contributed by atoms with E-state index in [-0.39, 0.29) is 17.0 Å². The number of carbonyl (C=O) groups is 3. The Labute approximate surface area is 161 Å². The highest BCUT2D eigenvalue weighted by atomic mass is 32.2. The number of furan rings is 1. The minimum atomic E-state index is -4.11. The molecule has 2 aromatic rings. The molecule has 148 valence electrons. The first-order chi connectivity index (χ1) is 13.2. The maximum atomic E-state index is 12.4. The normalized spacial score (nSPS) is 14.6. The molecule has 0 unspecified atom stereocenters. The molecule has 0 bridgehead atoms. The number of likely N-dealkylation sites (N-methyl/N-ethyl adjacent to an activating group) is 1. The molecule has 10 heteroatoms. The average Bonchev–Trinajstić information content (AvgIpc) is 3.14. The number of nitrogens with zero attached hydrogens (tertiary/aromatic N) is 2. The third kappa shape index (κ3) is 3.77. The van der Waals surface area contributed by atoms with Crippen LogP contribution in [0.3, 0.4) is 0 Å². The zero-order valence-corrected chi connectivity index (χ0v) is 16.1. The van der Waals surface area contributed by atoms with Crippen molar-refractivity contribution >= 4 is 27.8 Å². The van der Waals surface area contributed by atoms with Crippen LogP contribution in [-0.4, -0.2) is 55.6 Å². The molecule has 1 aromatic carbocycles. The van der Waals surface area contributed by atoms with Gasteiger partial charge in [0.2, 0.25) is 0 Å². The molecule has 0 aliphatic carbocycles. The second-order valence-electron chi connectivity index (χ2n) is 6.24. The molecule has 0 radical (unpaired) electrons. The van der Waals surface area contributed by atoms with Gasteiger partial charge in [0.25, 0.3) is 21.8 Å². The Bertz CT molecular complexity index is 1040. The number of sulfonamides is 1. The van der Waals surface area contributed by atoms with E-state index in [0.717, 1.165) is 0 Å². The molecule has 1 aliphatic heterocycles. The fourth-order valence-electron chi connectivity index (χ4n) is 2.69. The van der Waals surface area contributed by atoms with E-state index < -0.39 is 41.0 Å². The van der Waals surface area contributed by atoms with Gasteiger partial charge >= 0.3 is 5.97 Å². The summed E-state index contributed by atoms with van der Waals surface area (Å²) in [4.78, 5) is 37.5. The van der Waals surface area contributed by atoms with Gasteiger partial charge in [-0.3, -0.25) is 14.4 Å². The smallest absolute Gasteiger partial charge is 0.327 e. The lowest BCUT2D eigenvalue weighted by atomic mass is 10.2. The lowest BCUT2D eigenvalue weighted by Gasteiger charge is -2.17. The van der Waals surface area contributed by atoms with Gasteiger partial charge in [0.05, 0.1) is 12.1 Å². The SMILES string of the molecule is Cc1ccc(CN(C)C(=O)COC(=O)CN2C(=O)c3ccccc3S2(=O)=O)o1. The van der Waals surface area contributed by atoms with E-state index in [9.17, 15) is 22.8 Å². The molecular weight excluding hydrogens is 388 g/mol. The van der Waals surface area contributed by atoms with Crippen LogP contribution in [0.5, 0.6) is 0 Å². The van der Waals surface area contributed by atoms with E-state index in [4.69, 9.17) is 9.15 Å². The van der Waals surface area contributed by atoms with Crippen molar-refractivity contribution in [3.63, 3.8) is 0 Å². The van der Waals surface area contributed by atoms with Gasteiger partial charge < -0.3 is 14.1 Å². The number of carbonyl (C=O) groups excluding carboxylic acids is 3. The van der Waals surface area contributed by atoms with Crippen molar-refractivity contribution in [3.8, 4) is 0 Å². The third-order valence-corrected chi connectivity index (χ3v) is 5.94. The summed E-state index contributed by atoms with van der Waals surface area (Å²) in [6.07, 6.45) is 0. The van der Waals surface area contributed by atoms with Crippen LogP contribution in [0, 0.1) is 6.92 Å². The Morgan fingerprint density at radius 2 is 1.89 bits per heavy atom. The average molecular weight is 406 g/mol. The molecule has 0 saturated carbocycles. The number of rotatable bonds is 6. The minimum absolute atomic E-state index is 0.000138. The summed E-state index contributed by atoms with van der Waals surface area (Å²) >= 11 is 0. The molecule has 0 spiro atoms. The first-order valence-electron chi connectivity index (χ1n) is 8.31. The van der Waals surface area contributed by atoms with Crippen LogP contribution in [0.15, 0.2) is 45.7 Å². The highest BCUT2D eigenvalue weighted by Crippen LogP contribution is 2.29. The van der Waals surface area contributed by atoms with E-state index in [1.165, 1.54) is 36.2 Å². The number of aryl methyl sites for hydroxylation is 1. The molecule has 0 fully saturated rings. The molecule has 2 amide bonds. The van der Waals surface area contributed by atoms with Crippen LogP contribution >= 0.6 is 0 Å². The molecule has 28 heavy (non-hydrogen) atoms. The summed E-state index contributed by atoms with van der Waals surface area (Å²) in [6.45, 7) is 0.589. The van der Waals surface area contributed by atoms with Gasteiger partial charge in [0.15, 0.2) is 6.61 Å². The fourth-order valence-corrected chi connectivity index (χ4v) is 4.21. The van der Waals surface area contributed by atoms with Gasteiger partial charge in [-0.2, -0.15) is 0 Å². The van der Waals surface area contributed by atoms with Gasteiger partial charge in [-0.25, -0.2) is 12.7 Å². The maximum Gasteiger partial charge on any atom is 0.327 e. The lowest BCUT2D eigenvalue weighted by Crippen LogP contribution is -2.37. The van der Waals surface area contributed by atoms with Crippen molar-refractivity contribution in [1.82, 2.24) is 9.21 Å². The number of benzene rings is 1. The summed E-state index contributed by atoms with van der Waals surface area (Å²) in [6, 6.07) is 9.17. The van der Waals surface area contributed by atoms with E-state index in [1.807, 2.05) is 0 Å². The third-order valence-electron chi connectivity index (χ3n) is 4.16. The van der Waals surface area contributed by atoms with Crippen LogP contribution < -0.4 is 0 Å². The van der Waals surface area contributed by atoms with E-state index in [2.05, 4.69) is 0 Å². The zero-order valence-electron chi connectivity index (χ0n) is 15.2. The van der Waals surface area contributed by atoms with E-state index in [0.29, 0.717) is 15.8 Å². The van der Waals surface area contributed by atoms with Gasteiger partial charge in [0.1, 0.15) is 23.0 Å². The maximum absolute atomic E-state index is 12.4. The standard InChI is InChI=1S/C18H18N2O7S/c1-12-7-8-13(27-12)9-19(2)16(21)11-26-17(22)10-20-18(23)14-5-3-4-6-15(14)28(20,24)25/h3-8H,9-11H2,1-2H3. The number of hydrogen-bond acceptors (Lipinski definition) is 7. The summed E-state index contributed by atoms with van der Waals surface area (Å²) in [5, 5.41) is 0. The minimum Gasteiger partial charge on any atom is -0.464 e. The number of fused-ring (bicyclic) bond motifs is 1. The van der Waals surface area contributed by atoms with Crippen molar-refractivity contribution in [2.24, 2.45) is 0 Å². The monoisotopic (exact) mass is 406 g/mol. The highest BCUT2D eigenvalue weighted by molar-refractivity contribution is 7.90. The summed E-state index contributed by atoms with van der Waals surface area (Å²) in [7, 11) is -2.60. The van der Waals surface area contributed by atoms with Gasteiger partial charge in [0, 0.05) is 7.05 Å². The summed E-state index contributed by atoms with van der Waals surface area (Å²) in [5.74, 6) is -1.02. The first-order valence-corrected chi connectivity index (χ1v) is 9.75.